The molecule has 2 aromatic carbocycles. The zero-order valence-electron chi connectivity index (χ0n) is 13.1. The van der Waals surface area contributed by atoms with E-state index in [-0.39, 0.29) is 0 Å². The largest absolute Gasteiger partial charge is 0.207 e. The number of halogens is 10. The van der Waals surface area contributed by atoms with E-state index in [1.165, 1.54) is 0 Å². The molecule has 0 heterocycles. The zero-order chi connectivity index (χ0) is 20.9. The Bertz CT molecular complexity index is 984. The van der Waals surface area contributed by atoms with E-state index >= 15 is 0 Å². The highest BCUT2D eigenvalue weighted by Gasteiger charge is 2.31. The van der Waals surface area contributed by atoms with Crippen molar-refractivity contribution >= 4 is 17.6 Å². The molecular weight excluding hydrogens is 405 g/mol. The van der Waals surface area contributed by atoms with Crippen LogP contribution in [0.25, 0.3) is 0 Å². The molecule has 0 fully saturated rings. The van der Waals surface area contributed by atoms with Crippen molar-refractivity contribution in [3.8, 4) is 0 Å². The summed E-state index contributed by atoms with van der Waals surface area (Å²) in [5.74, 6) is -24.9. The quantitative estimate of drug-likeness (QED) is 0.238. The van der Waals surface area contributed by atoms with Crippen LogP contribution < -0.4 is 10.9 Å². The maximum Gasteiger partial charge on any atom is 0.200 e. The molecular formula is C17H3BF10-. The van der Waals surface area contributed by atoms with Gasteiger partial charge in [-0.05, 0) is 12.8 Å². The molecule has 0 nitrogen and oxygen atoms in total. The molecule has 1 aliphatic rings. The van der Waals surface area contributed by atoms with E-state index in [1.54, 1.807) is 0 Å². The highest BCUT2D eigenvalue weighted by molar-refractivity contribution is 6.91. The second-order valence-electron chi connectivity index (χ2n) is 5.53. The van der Waals surface area contributed by atoms with Crippen molar-refractivity contribution in [1.29, 1.82) is 0 Å². The van der Waals surface area contributed by atoms with Gasteiger partial charge in [-0.2, -0.15) is 22.1 Å². The summed E-state index contributed by atoms with van der Waals surface area (Å²) in [4.78, 5) is 0. The molecule has 0 N–H and O–H groups in total. The van der Waals surface area contributed by atoms with Gasteiger partial charge in [-0.25, -0.2) is 43.9 Å². The molecule has 0 amide bonds. The smallest absolute Gasteiger partial charge is 0.200 e. The van der Waals surface area contributed by atoms with Crippen LogP contribution in [0.15, 0.2) is 29.4 Å². The monoisotopic (exact) mass is 408 g/mol. The van der Waals surface area contributed by atoms with Gasteiger partial charge in [-0.15, -0.1) is 0 Å². The Hall–Kier alpha value is -2.94. The van der Waals surface area contributed by atoms with Gasteiger partial charge in [-0.1, -0.05) is 12.2 Å². The van der Waals surface area contributed by atoms with Crippen LogP contribution >= 0.6 is 0 Å². The molecule has 0 bridgehead atoms. The molecule has 0 aromatic heterocycles. The van der Waals surface area contributed by atoms with Crippen molar-refractivity contribution in [2.45, 2.75) is 0 Å². The van der Waals surface area contributed by atoms with Gasteiger partial charge in [0.15, 0.2) is 34.9 Å². The molecule has 0 saturated heterocycles. The molecule has 145 valence electrons. The van der Waals surface area contributed by atoms with Gasteiger partial charge in [0.25, 0.3) is 0 Å². The fourth-order valence-electron chi connectivity index (χ4n) is 2.73. The fraction of sp³-hybridized carbons (Fsp3) is 0. The molecule has 0 unspecified atom stereocenters. The van der Waals surface area contributed by atoms with Crippen LogP contribution in [-0.4, -0.2) is 6.71 Å². The van der Waals surface area contributed by atoms with Crippen LogP contribution in [0.1, 0.15) is 0 Å². The lowest BCUT2D eigenvalue weighted by atomic mass is 9.36. The van der Waals surface area contributed by atoms with E-state index < -0.39 is 81.3 Å². The maximum absolute atomic E-state index is 14.2. The van der Waals surface area contributed by atoms with E-state index in [1.807, 2.05) is 0 Å². The molecule has 0 atom stereocenters. The summed E-state index contributed by atoms with van der Waals surface area (Å²) >= 11 is 0. The van der Waals surface area contributed by atoms with Crippen molar-refractivity contribution in [3.63, 3.8) is 0 Å². The molecule has 28 heavy (non-hydrogen) atoms. The molecule has 11 heteroatoms. The summed E-state index contributed by atoms with van der Waals surface area (Å²) in [5.41, 5.74) is -1.96. The van der Waals surface area contributed by atoms with Gasteiger partial charge in [0.05, 0.1) is 0 Å². The highest BCUT2D eigenvalue weighted by Crippen LogP contribution is 2.23. The average Bonchev–Trinajstić information content (AvgIpc) is 3.21. The standard InChI is InChI=1S/C17H3BF10/c19-8-6(9(20)13(24)16(27)12(8)23)18(5-3-1-2-4-5)7-10(21)14(25)17(28)15(26)11(7)22/h1-3H/q-1. The van der Waals surface area contributed by atoms with Gasteiger partial charge < -0.3 is 0 Å². The van der Waals surface area contributed by atoms with Crippen molar-refractivity contribution in [2.75, 3.05) is 0 Å². The molecule has 0 aliphatic heterocycles. The number of allylic oxidation sites excluding steroid dienone is 3. The van der Waals surface area contributed by atoms with Crippen LogP contribution in [0.4, 0.5) is 43.9 Å². The third-order valence-electron chi connectivity index (χ3n) is 4.00. The molecule has 1 radical (unpaired) electrons. The third-order valence-corrected chi connectivity index (χ3v) is 4.00. The Morgan fingerprint density at radius 2 is 0.821 bits per heavy atom. The molecule has 2 aromatic rings. The maximum atomic E-state index is 14.2. The second kappa shape index (κ2) is 6.90. The minimum Gasteiger partial charge on any atom is -0.207 e. The first kappa shape index (κ1) is 19.8. The minimum atomic E-state index is -2.57. The summed E-state index contributed by atoms with van der Waals surface area (Å²) < 4.78 is 138. The first-order chi connectivity index (χ1) is 13.1. The predicted molar refractivity (Wildman–Crippen MR) is 78.2 cm³/mol. The number of rotatable bonds is 3. The predicted octanol–water partition coefficient (Wildman–Crippen LogP) is 3.88. The lowest BCUT2D eigenvalue weighted by Crippen LogP contribution is -2.51. The summed E-state index contributed by atoms with van der Waals surface area (Å²) in [6.45, 7) is -2.57. The minimum absolute atomic E-state index is 0.591. The van der Waals surface area contributed by atoms with Crippen LogP contribution in [0.5, 0.6) is 0 Å². The number of benzene rings is 2. The summed E-state index contributed by atoms with van der Waals surface area (Å²) in [5, 5.41) is 0. The molecule has 0 spiro atoms. The van der Waals surface area contributed by atoms with E-state index in [2.05, 4.69) is 5.73 Å². The lowest BCUT2D eigenvalue weighted by molar-refractivity contribution is 0.382. The SMILES string of the molecule is Fc1c(F)c(F)c([B-](C2=C=CC=C2)c2c(F)c(F)c(F)c(F)c2F)c(F)c1F. The topological polar surface area (TPSA) is 0 Å². The second-order valence-corrected chi connectivity index (χ2v) is 5.53. The van der Waals surface area contributed by atoms with Gasteiger partial charge in [-0.3, -0.25) is 0 Å². The Kier molecular flexibility index (Phi) is 4.89. The third kappa shape index (κ3) is 2.74. The Morgan fingerprint density at radius 1 is 0.500 bits per heavy atom. The van der Waals surface area contributed by atoms with Crippen molar-refractivity contribution in [1.82, 2.24) is 0 Å². The van der Waals surface area contributed by atoms with Crippen LogP contribution in [0, 0.1) is 58.2 Å². The molecule has 1 aliphatic carbocycles. The Labute approximate surface area is 150 Å². The van der Waals surface area contributed by atoms with Crippen LogP contribution in [0.2, 0.25) is 0 Å². The van der Waals surface area contributed by atoms with Gasteiger partial charge in [0.2, 0.25) is 0 Å². The van der Waals surface area contributed by atoms with Crippen molar-refractivity contribution in [3.05, 3.63) is 87.6 Å². The van der Waals surface area contributed by atoms with Crippen LogP contribution in [0.3, 0.4) is 0 Å². The molecule has 0 saturated carbocycles. The van der Waals surface area contributed by atoms with E-state index in [0.717, 1.165) is 18.2 Å². The first-order valence-corrected chi connectivity index (χ1v) is 7.25. The summed E-state index contributed by atoms with van der Waals surface area (Å²) in [6.07, 6.45) is 3.06. The molecule has 3 rings (SSSR count). The van der Waals surface area contributed by atoms with Gasteiger partial charge in [0, 0.05) is 0 Å². The van der Waals surface area contributed by atoms with E-state index in [9.17, 15) is 43.9 Å². The van der Waals surface area contributed by atoms with Crippen LogP contribution in [-0.2, 0) is 0 Å². The summed E-state index contributed by atoms with van der Waals surface area (Å²) in [7, 11) is 0. The van der Waals surface area contributed by atoms with Crippen molar-refractivity contribution < 1.29 is 43.9 Å². The number of hydrogen-bond acceptors (Lipinski definition) is 0. The number of hydrogen-bond donors (Lipinski definition) is 0. The highest BCUT2D eigenvalue weighted by atomic mass is 19.2. The Morgan fingerprint density at radius 3 is 1.11 bits per heavy atom. The normalized spacial score (nSPS) is 13.0. The summed E-state index contributed by atoms with van der Waals surface area (Å²) in [6, 6.07) is 0. The van der Waals surface area contributed by atoms with E-state index in [4.69, 9.17) is 0 Å². The van der Waals surface area contributed by atoms with Gasteiger partial charge in [0.1, 0.15) is 23.3 Å². The zero-order valence-corrected chi connectivity index (χ0v) is 13.1. The average molecular weight is 408 g/mol. The van der Waals surface area contributed by atoms with Gasteiger partial charge >= 0.3 is 0 Å². The fourth-order valence-corrected chi connectivity index (χ4v) is 2.73. The Balaban J connectivity index is 2.48. The van der Waals surface area contributed by atoms with E-state index in [0.29, 0.717) is 0 Å². The lowest BCUT2D eigenvalue weighted by Gasteiger charge is -2.31. The first-order valence-electron chi connectivity index (χ1n) is 7.25. The van der Waals surface area contributed by atoms with Crippen molar-refractivity contribution in [2.24, 2.45) is 0 Å².